The van der Waals surface area contributed by atoms with E-state index in [0.29, 0.717) is 11.2 Å². The number of H-pyrrole nitrogens is 1. The predicted molar refractivity (Wildman–Crippen MR) is 113 cm³/mol. The number of hydrazone groups is 1. The molecule has 1 heterocycles. The normalized spacial score (nSPS) is 11.0. The number of nitrogens with zero attached hydrogens (tertiary/aromatic N) is 1. The quantitative estimate of drug-likeness (QED) is 0.287. The van der Waals surface area contributed by atoms with Crippen LogP contribution in [0, 0.1) is 0 Å². The maximum absolute atomic E-state index is 12.2. The highest BCUT2D eigenvalue weighted by atomic mass is 16.2. The highest BCUT2D eigenvalue weighted by molar-refractivity contribution is 6.40. The summed E-state index contributed by atoms with van der Waals surface area (Å²) < 4.78 is 0. The van der Waals surface area contributed by atoms with Gasteiger partial charge in [-0.3, -0.25) is 14.4 Å². The molecule has 7 heteroatoms. The lowest BCUT2D eigenvalue weighted by Gasteiger charge is -2.07. The van der Waals surface area contributed by atoms with Crippen molar-refractivity contribution >= 4 is 45.4 Å². The van der Waals surface area contributed by atoms with Gasteiger partial charge in [-0.15, -0.1) is 0 Å². The van der Waals surface area contributed by atoms with E-state index in [9.17, 15) is 14.4 Å². The van der Waals surface area contributed by atoms with E-state index < -0.39 is 11.8 Å². The number of hydrogen-bond acceptors (Lipinski definition) is 4. The van der Waals surface area contributed by atoms with Crippen molar-refractivity contribution in [1.29, 1.82) is 0 Å². The number of hydrogen-bond donors (Lipinski definition) is 3. The topological polar surface area (TPSA) is 103 Å². The lowest BCUT2D eigenvalue weighted by molar-refractivity contribution is -0.136. The minimum atomic E-state index is -0.939. The van der Waals surface area contributed by atoms with Crippen molar-refractivity contribution in [3.8, 4) is 0 Å². The predicted octanol–water partition coefficient (Wildman–Crippen LogP) is 2.77. The number of carbonyl (C=O) groups is 2. The van der Waals surface area contributed by atoms with Crippen LogP contribution in [0.4, 0.5) is 5.69 Å². The first-order chi connectivity index (χ1) is 14.1. The van der Waals surface area contributed by atoms with Crippen LogP contribution in [-0.2, 0) is 9.59 Å². The fraction of sp³-hybridized carbons (Fsp3) is 0. The molecule has 3 aromatic carbocycles. The average molecular weight is 384 g/mol. The Morgan fingerprint density at radius 3 is 2.45 bits per heavy atom. The van der Waals surface area contributed by atoms with Crippen LogP contribution in [0.15, 0.2) is 82.7 Å². The van der Waals surface area contributed by atoms with Crippen LogP contribution in [-0.4, -0.2) is 23.0 Å². The molecular weight excluding hydrogens is 368 g/mol. The molecule has 0 saturated heterocycles. The Labute approximate surface area is 165 Å². The summed E-state index contributed by atoms with van der Waals surface area (Å²) in [7, 11) is 0. The standard InChI is InChI=1S/C22H16N4O3/c27-20-16(12-15-7-2-4-10-18(15)24-20)13-23-26-22(29)21(28)25-19-11-5-8-14-6-1-3-9-17(14)19/h1-13H,(H,24,27)(H,25,28)(H,26,29)/b23-13-. The molecule has 0 bridgehead atoms. The first-order valence-corrected chi connectivity index (χ1v) is 8.86. The second-order valence-corrected chi connectivity index (χ2v) is 6.32. The Bertz CT molecular complexity index is 1320. The summed E-state index contributed by atoms with van der Waals surface area (Å²) in [5, 5.41) is 8.90. The zero-order chi connectivity index (χ0) is 20.2. The van der Waals surface area contributed by atoms with Gasteiger partial charge >= 0.3 is 11.8 Å². The van der Waals surface area contributed by atoms with Crippen molar-refractivity contribution in [2.45, 2.75) is 0 Å². The van der Waals surface area contributed by atoms with Gasteiger partial charge in [0.2, 0.25) is 0 Å². The van der Waals surface area contributed by atoms with Gasteiger partial charge in [0, 0.05) is 16.6 Å². The van der Waals surface area contributed by atoms with E-state index in [1.807, 2.05) is 48.5 Å². The third-order valence-corrected chi connectivity index (χ3v) is 4.40. The van der Waals surface area contributed by atoms with E-state index in [-0.39, 0.29) is 11.1 Å². The van der Waals surface area contributed by atoms with Gasteiger partial charge in [0.15, 0.2) is 0 Å². The number of benzene rings is 3. The zero-order valence-corrected chi connectivity index (χ0v) is 15.2. The molecule has 0 radical (unpaired) electrons. The number of carbonyl (C=O) groups excluding carboxylic acids is 2. The number of anilines is 1. The average Bonchev–Trinajstić information content (AvgIpc) is 2.74. The molecule has 29 heavy (non-hydrogen) atoms. The molecule has 0 fully saturated rings. The smallest absolute Gasteiger partial charge is 0.321 e. The van der Waals surface area contributed by atoms with Gasteiger partial charge in [-0.1, -0.05) is 54.6 Å². The summed E-state index contributed by atoms with van der Waals surface area (Å²) >= 11 is 0. The first kappa shape index (κ1) is 18.1. The van der Waals surface area contributed by atoms with Crippen LogP contribution in [0.2, 0.25) is 0 Å². The van der Waals surface area contributed by atoms with E-state index in [2.05, 4.69) is 20.8 Å². The molecule has 0 saturated carbocycles. The van der Waals surface area contributed by atoms with Crippen LogP contribution in [0.25, 0.3) is 21.7 Å². The largest absolute Gasteiger partial charge is 0.329 e. The van der Waals surface area contributed by atoms with E-state index in [1.54, 1.807) is 24.3 Å². The van der Waals surface area contributed by atoms with Crippen molar-refractivity contribution in [2.24, 2.45) is 5.10 Å². The SMILES string of the molecule is O=C(N/N=C\c1cc2ccccc2[nH]c1=O)C(=O)Nc1cccc2ccccc12. The Morgan fingerprint density at radius 2 is 1.59 bits per heavy atom. The van der Waals surface area contributed by atoms with Gasteiger partial charge in [0.05, 0.1) is 11.8 Å². The molecule has 0 aliphatic carbocycles. The number of pyridine rings is 1. The Kier molecular flexibility index (Phi) is 4.86. The number of aromatic amines is 1. The zero-order valence-electron chi connectivity index (χ0n) is 15.2. The van der Waals surface area contributed by atoms with Crippen molar-refractivity contribution in [1.82, 2.24) is 10.4 Å². The summed E-state index contributed by atoms with van der Waals surface area (Å²) in [6, 6.07) is 21.9. The van der Waals surface area contributed by atoms with Crippen molar-refractivity contribution in [3.63, 3.8) is 0 Å². The van der Waals surface area contributed by atoms with E-state index in [0.717, 1.165) is 16.2 Å². The minimum Gasteiger partial charge on any atom is -0.321 e. The molecule has 1 aromatic heterocycles. The molecule has 0 aliphatic rings. The van der Waals surface area contributed by atoms with E-state index in [1.165, 1.54) is 6.21 Å². The van der Waals surface area contributed by atoms with Gasteiger partial charge in [0.1, 0.15) is 0 Å². The lowest BCUT2D eigenvalue weighted by atomic mass is 10.1. The summed E-state index contributed by atoms with van der Waals surface area (Å²) in [5.74, 6) is -1.79. The second kappa shape index (κ2) is 7.77. The number of aromatic nitrogens is 1. The summed E-state index contributed by atoms with van der Waals surface area (Å²) in [6.45, 7) is 0. The third-order valence-electron chi connectivity index (χ3n) is 4.40. The number of nitrogens with one attached hydrogen (secondary N) is 3. The summed E-state index contributed by atoms with van der Waals surface area (Å²) in [4.78, 5) is 39.0. The number of fused-ring (bicyclic) bond motifs is 2. The fourth-order valence-electron chi connectivity index (χ4n) is 2.98. The minimum absolute atomic E-state index is 0.262. The van der Waals surface area contributed by atoms with Gasteiger partial charge in [-0.05, 0) is 29.0 Å². The molecule has 0 unspecified atom stereocenters. The van der Waals surface area contributed by atoms with Gasteiger partial charge in [-0.25, -0.2) is 5.43 Å². The molecule has 4 rings (SSSR count). The second-order valence-electron chi connectivity index (χ2n) is 6.32. The molecule has 0 atom stereocenters. The molecule has 0 spiro atoms. The molecule has 2 amide bonds. The van der Waals surface area contributed by atoms with Crippen molar-refractivity contribution in [3.05, 3.63) is 88.7 Å². The van der Waals surface area contributed by atoms with E-state index in [4.69, 9.17) is 0 Å². The Balaban J connectivity index is 1.46. The number of rotatable bonds is 3. The number of para-hydroxylation sites is 1. The van der Waals surface area contributed by atoms with Gasteiger partial charge in [-0.2, -0.15) is 5.10 Å². The first-order valence-electron chi connectivity index (χ1n) is 8.86. The van der Waals surface area contributed by atoms with Gasteiger partial charge < -0.3 is 10.3 Å². The van der Waals surface area contributed by atoms with Crippen LogP contribution >= 0.6 is 0 Å². The maximum atomic E-state index is 12.2. The van der Waals surface area contributed by atoms with E-state index >= 15 is 0 Å². The van der Waals surface area contributed by atoms with Gasteiger partial charge in [0.25, 0.3) is 5.56 Å². The molecule has 7 nitrogen and oxygen atoms in total. The summed E-state index contributed by atoms with van der Waals surface area (Å²) in [5.41, 5.74) is 3.29. The lowest BCUT2D eigenvalue weighted by Crippen LogP contribution is -2.32. The molecular formula is C22H16N4O3. The van der Waals surface area contributed by atoms with Crippen LogP contribution in [0.3, 0.4) is 0 Å². The molecule has 142 valence electrons. The molecule has 3 N–H and O–H groups in total. The van der Waals surface area contributed by atoms with Crippen molar-refractivity contribution < 1.29 is 9.59 Å². The Morgan fingerprint density at radius 1 is 0.862 bits per heavy atom. The molecule has 4 aromatic rings. The number of amides is 2. The maximum Gasteiger partial charge on any atom is 0.329 e. The third kappa shape index (κ3) is 3.89. The molecule has 0 aliphatic heterocycles. The van der Waals surface area contributed by atoms with Crippen molar-refractivity contribution in [2.75, 3.05) is 5.32 Å². The highest BCUT2D eigenvalue weighted by Gasteiger charge is 2.14. The monoisotopic (exact) mass is 384 g/mol. The Hall–Kier alpha value is -4.26. The highest BCUT2D eigenvalue weighted by Crippen LogP contribution is 2.22. The van der Waals surface area contributed by atoms with Crippen LogP contribution in [0.5, 0.6) is 0 Å². The fourth-order valence-corrected chi connectivity index (χ4v) is 2.98. The summed E-state index contributed by atoms with van der Waals surface area (Å²) in [6.07, 6.45) is 1.20. The van der Waals surface area contributed by atoms with Crippen LogP contribution in [0.1, 0.15) is 5.56 Å². The van der Waals surface area contributed by atoms with Crippen LogP contribution < -0.4 is 16.3 Å².